The predicted molar refractivity (Wildman–Crippen MR) is 121 cm³/mol. The highest BCUT2D eigenvalue weighted by Gasteiger charge is 2.23. The lowest BCUT2D eigenvalue weighted by Crippen LogP contribution is -2.31. The fraction of sp³-hybridized carbons (Fsp3) is 0.417. The molecule has 0 unspecified atom stereocenters. The van der Waals surface area contributed by atoms with Crippen LogP contribution in [0.2, 0.25) is 0 Å². The highest BCUT2D eigenvalue weighted by molar-refractivity contribution is 6.09. The zero-order valence-electron chi connectivity index (χ0n) is 18.5. The van der Waals surface area contributed by atoms with Crippen molar-refractivity contribution in [2.45, 2.75) is 41.0 Å². The Morgan fingerprint density at radius 1 is 1.00 bits per heavy atom. The minimum Gasteiger partial charge on any atom is -0.365 e. The van der Waals surface area contributed by atoms with Crippen molar-refractivity contribution in [2.75, 3.05) is 18.0 Å². The summed E-state index contributed by atoms with van der Waals surface area (Å²) in [5, 5.41) is 11.7. The lowest BCUT2D eigenvalue weighted by atomic mass is 10.0. The third-order valence-electron chi connectivity index (χ3n) is 4.15. The summed E-state index contributed by atoms with van der Waals surface area (Å²) in [6.07, 6.45) is 1.51. The van der Waals surface area contributed by atoms with E-state index in [0.29, 0.717) is 35.1 Å². The molecular weight excluding hydrogens is 380 g/mol. The number of carbonyl (C=O) groups excluding carboxylic acids is 2. The highest BCUT2D eigenvalue weighted by Crippen LogP contribution is 2.31. The Morgan fingerprint density at radius 2 is 1.53 bits per heavy atom. The molecule has 0 N–H and O–H groups in total. The molecule has 0 saturated heterocycles. The predicted octanol–water partition coefficient (Wildman–Crippen LogP) is 5.54. The standard InChI is InChI=1S/C21H26N2O3.C3H6O/c1-15(2)13-22(14-16(3)4)19-11-10-18(12-20(19)23(25)26)21(24)17-8-6-5-7-9-17;1-2-3-4/h5-12,15-16H,13-14H2,1-4H3;3H,2H2,1H3. The summed E-state index contributed by atoms with van der Waals surface area (Å²) in [7, 11) is 0. The molecule has 0 spiro atoms. The molecule has 0 bridgehead atoms. The first-order valence-corrected chi connectivity index (χ1v) is 10.3. The summed E-state index contributed by atoms with van der Waals surface area (Å²) in [6, 6.07) is 13.6. The van der Waals surface area contributed by atoms with Gasteiger partial charge in [0.25, 0.3) is 5.69 Å². The van der Waals surface area contributed by atoms with Crippen LogP contribution < -0.4 is 4.90 Å². The van der Waals surface area contributed by atoms with Crippen LogP contribution in [0.5, 0.6) is 0 Å². The van der Waals surface area contributed by atoms with Gasteiger partial charge in [-0.25, -0.2) is 0 Å². The number of anilines is 1. The normalized spacial score (nSPS) is 10.4. The van der Waals surface area contributed by atoms with Crippen molar-refractivity contribution in [3.05, 3.63) is 69.8 Å². The first-order valence-electron chi connectivity index (χ1n) is 10.3. The number of rotatable bonds is 9. The Kier molecular flexibility index (Phi) is 10.4. The van der Waals surface area contributed by atoms with Crippen LogP contribution in [-0.2, 0) is 4.79 Å². The van der Waals surface area contributed by atoms with Gasteiger partial charge in [0.2, 0.25) is 0 Å². The third kappa shape index (κ3) is 7.78. The number of hydrogen-bond donors (Lipinski definition) is 0. The van der Waals surface area contributed by atoms with Gasteiger partial charge in [-0.05, 0) is 24.0 Å². The number of nitrogens with zero attached hydrogens (tertiary/aromatic N) is 2. The van der Waals surface area contributed by atoms with Crippen molar-refractivity contribution in [1.29, 1.82) is 0 Å². The van der Waals surface area contributed by atoms with Gasteiger partial charge < -0.3 is 9.69 Å². The van der Waals surface area contributed by atoms with Crippen molar-refractivity contribution in [3.63, 3.8) is 0 Å². The van der Waals surface area contributed by atoms with Crippen LogP contribution in [0.25, 0.3) is 0 Å². The van der Waals surface area contributed by atoms with Crippen LogP contribution in [0.4, 0.5) is 11.4 Å². The van der Waals surface area contributed by atoms with E-state index >= 15 is 0 Å². The summed E-state index contributed by atoms with van der Waals surface area (Å²) >= 11 is 0. The van der Waals surface area contributed by atoms with Crippen molar-refractivity contribution < 1.29 is 14.5 Å². The van der Waals surface area contributed by atoms with Gasteiger partial charge in [0.15, 0.2) is 5.78 Å². The molecule has 0 aromatic heterocycles. The second-order valence-corrected chi connectivity index (χ2v) is 7.92. The number of ketones is 1. The van der Waals surface area contributed by atoms with Gasteiger partial charge in [-0.2, -0.15) is 0 Å². The summed E-state index contributed by atoms with van der Waals surface area (Å²) in [6.45, 7) is 11.6. The smallest absolute Gasteiger partial charge is 0.293 e. The number of benzene rings is 2. The molecule has 2 aromatic rings. The van der Waals surface area contributed by atoms with Crippen molar-refractivity contribution >= 4 is 23.4 Å². The van der Waals surface area contributed by atoms with Gasteiger partial charge in [-0.1, -0.05) is 65.0 Å². The van der Waals surface area contributed by atoms with E-state index in [4.69, 9.17) is 0 Å². The van der Waals surface area contributed by atoms with E-state index in [2.05, 4.69) is 27.7 Å². The topological polar surface area (TPSA) is 80.5 Å². The van der Waals surface area contributed by atoms with Crippen LogP contribution in [0.15, 0.2) is 48.5 Å². The van der Waals surface area contributed by atoms with Crippen LogP contribution in [-0.4, -0.2) is 30.1 Å². The van der Waals surface area contributed by atoms with Crippen LogP contribution in [0.1, 0.15) is 57.0 Å². The lowest BCUT2D eigenvalue weighted by Gasteiger charge is -2.28. The Balaban J connectivity index is 0.00000103. The first kappa shape index (κ1) is 25.0. The number of hydrogen-bond acceptors (Lipinski definition) is 5. The van der Waals surface area contributed by atoms with Gasteiger partial charge in [-0.3, -0.25) is 14.9 Å². The maximum Gasteiger partial charge on any atom is 0.293 e. The van der Waals surface area contributed by atoms with Gasteiger partial charge >= 0.3 is 0 Å². The van der Waals surface area contributed by atoms with Gasteiger partial charge in [0.1, 0.15) is 12.0 Å². The van der Waals surface area contributed by atoms with Crippen molar-refractivity contribution in [3.8, 4) is 0 Å². The average Bonchev–Trinajstić information content (AvgIpc) is 2.72. The molecule has 0 aliphatic heterocycles. The number of carbonyl (C=O) groups is 2. The first-order chi connectivity index (χ1) is 14.2. The minimum atomic E-state index is -0.398. The van der Waals surface area contributed by atoms with E-state index in [0.717, 1.165) is 19.4 Å². The largest absolute Gasteiger partial charge is 0.365 e. The van der Waals surface area contributed by atoms with E-state index in [1.807, 2.05) is 17.9 Å². The second kappa shape index (κ2) is 12.5. The Morgan fingerprint density at radius 3 is 1.97 bits per heavy atom. The van der Waals surface area contributed by atoms with Crippen LogP contribution in [0.3, 0.4) is 0 Å². The molecule has 162 valence electrons. The van der Waals surface area contributed by atoms with E-state index in [9.17, 15) is 19.7 Å². The summed E-state index contributed by atoms with van der Waals surface area (Å²) < 4.78 is 0. The summed E-state index contributed by atoms with van der Waals surface area (Å²) in [4.78, 5) is 35.1. The molecule has 0 radical (unpaired) electrons. The van der Waals surface area contributed by atoms with Crippen molar-refractivity contribution in [1.82, 2.24) is 0 Å². The Labute approximate surface area is 179 Å². The zero-order chi connectivity index (χ0) is 22.7. The monoisotopic (exact) mass is 412 g/mol. The molecule has 30 heavy (non-hydrogen) atoms. The molecule has 2 aromatic carbocycles. The number of nitro groups is 1. The molecule has 0 saturated carbocycles. The molecule has 0 aliphatic carbocycles. The van der Waals surface area contributed by atoms with E-state index in [-0.39, 0.29) is 11.5 Å². The molecule has 0 aliphatic rings. The highest BCUT2D eigenvalue weighted by atomic mass is 16.6. The molecular formula is C24H32N2O4. The average molecular weight is 413 g/mol. The molecule has 6 heteroatoms. The van der Waals surface area contributed by atoms with E-state index in [1.165, 1.54) is 6.07 Å². The Bertz CT molecular complexity index is 822. The molecule has 0 heterocycles. The number of aldehydes is 1. The van der Waals surface area contributed by atoms with E-state index in [1.54, 1.807) is 36.4 Å². The molecule has 0 atom stereocenters. The SMILES string of the molecule is CC(C)CN(CC(C)C)c1ccc(C(=O)c2ccccc2)cc1[N+](=O)[O-].CCC=O. The quantitative estimate of drug-likeness (QED) is 0.234. The second-order valence-electron chi connectivity index (χ2n) is 7.92. The maximum atomic E-state index is 12.6. The summed E-state index contributed by atoms with van der Waals surface area (Å²) in [5.41, 5.74) is 1.41. The van der Waals surface area contributed by atoms with Crippen LogP contribution in [0, 0.1) is 22.0 Å². The Hall–Kier alpha value is -3.02. The van der Waals surface area contributed by atoms with E-state index < -0.39 is 4.92 Å². The summed E-state index contributed by atoms with van der Waals surface area (Å²) in [5.74, 6) is 0.539. The molecule has 0 amide bonds. The third-order valence-corrected chi connectivity index (χ3v) is 4.15. The molecule has 0 fully saturated rings. The molecule has 2 rings (SSSR count). The van der Waals surface area contributed by atoms with Crippen LogP contribution >= 0.6 is 0 Å². The van der Waals surface area contributed by atoms with Gasteiger partial charge in [0, 0.05) is 36.7 Å². The maximum absolute atomic E-state index is 12.6. The zero-order valence-corrected chi connectivity index (χ0v) is 18.5. The molecule has 6 nitrogen and oxygen atoms in total. The van der Waals surface area contributed by atoms with Gasteiger partial charge in [-0.15, -0.1) is 0 Å². The van der Waals surface area contributed by atoms with Crippen molar-refractivity contribution in [2.24, 2.45) is 11.8 Å². The fourth-order valence-corrected chi connectivity index (χ4v) is 2.99. The fourth-order valence-electron chi connectivity index (χ4n) is 2.99. The van der Waals surface area contributed by atoms with Gasteiger partial charge in [0.05, 0.1) is 4.92 Å². The minimum absolute atomic E-state index is 0.0203. The number of nitro benzene ring substituents is 1. The lowest BCUT2D eigenvalue weighted by molar-refractivity contribution is -0.384.